The van der Waals surface area contributed by atoms with Gasteiger partial charge in [0.2, 0.25) is 0 Å². The van der Waals surface area contributed by atoms with Gasteiger partial charge in [-0.05, 0) is 16.7 Å². The first-order chi connectivity index (χ1) is 17.8. The zero-order valence-electron chi connectivity index (χ0n) is 20.3. The molecule has 5 heteroatoms. The van der Waals surface area contributed by atoms with Crippen LogP contribution in [-0.4, -0.2) is 38.1 Å². The minimum atomic E-state index is -0.404. The summed E-state index contributed by atoms with van der Waals surface area (Å²) in [6.07, 6.45) is 5.95. The summed E-state index contributed by atoms with van der Waals surface area (Å²) < 4.78 is 30.7. The van der Waals surface area contributed by atoms with Gasteiger partial charge in [0, 0.05) is 5.57 Å². The molecule has 1 aliphatic rings. The maximum atomic E-state index is 6.46. The maximum Gasteiger partial charge on any atom is 0.150 e. The lowest BCUT2D eigenvalue weighted by atomic mass is 9.98. The van der Waals surface area contributed by atoms with E-state index >= 15 is 0 Å². The lowest BCUT2D eigenvalue weighted by Crippen LogP contribution is -2.48. The Labute approximate surface area is 213 Å². The van der Waals surface area contributed by atoms with E-state index in [-0.39, 0.29) is 18.8 Å². The first-order valence-electron chi connectivity index (χ1n) is 12.1. The quantitative estimate of drug-likeness (QED) is 0.243. The third-order valence-corrected chi connectivity index (χ3v) is 5.83. The zero-order chi connectivity index (χ0) is 24.8. The van der Waals surface area contributed by atoms with E-state index < -0.39 is 6.10 Å². The van der Waals surface area contributed by atoms with E-state index in [1.54, 1.807) is 6.26 Å². The molecule has 186 valence electrons. The summed E-state index contributed by atoms with van der Waals surface area (Å²) in [6, 6.07) is 30.2. The Balaban J connectivity index is 1.50. The van der Waals surface area contributed by atoms with Crippen molar-refractivity contribution in [2.45, 2.75) is 38.1 Å². The molecule has 0 saturated carbocycles. The van der Waals surface area contributed by atoms with E-state index in [0.29, 0.717) is 33.0 Å². The van der Waals surface area contributed by atoms with Crippen LogP contribution < -0.4 is 0 Å². The van der Waals surface area contributed by atoms with E-state index in [1.807, 2.05) is 91.0 Å². The highest BCUT2D eigenvalue weighted by atomic mass is 16.6. The molecule has 0 fully saturated rings. The van der Waals surface area contributed by atoms with Crippen molar-refractivity contribution in [2.24, 2.45) is 0 Å². The van der Waals surface area contributed by atoms with E-state index in [0.717, 1.165) is 22.3 Å². The highest BCUT2D eigenvalue weighted by Gasteiger charge is 2.39. The first-order valence-corrected chi connectivity index (χ1v) is 12.1. The molecule has 0 bridgehead atoms. The summed E-state index contributed by atoms with van der Waals surface area (Å²) >= 11 is 0. The molecule has 3 aromatic carbocycles. The predicted molar refractivity (Wildman–Crippen MR) is 139 cm³/mol. The van der Waals surface area contributed by atoms with Crippen molar-refractivity contribution in [3.05, 3.63) is 120 Å². The molecule has 0 unspecified atom stereocenters. The number of hydrogen-bond acceptors (Lipinski definition) is 5. The fraction of sp³-hybridized carbons (Fsp3) is 0.290. The Bertz CT molecular complexity index is 1090. The van der Waals surface area contributed by atoms with E-state index in [1.165, 1.54) is 0 Å². The molecule has 36 heavy (non-hydrogen) atoms. The summed E-state index contributed by atoms with van der Waals surface area (Å²) in [4.78, 5) is 0. The topological polar surface area (TPSA) is 46.2 Å². The Hall–Kier alpha value is -3.40. The predicted octanol–water partition coefficient (Wildman–Crippen LogP) is 5.31. The molecule has 0 aromatic heterocycles. The highest BCUT2D eigenvalue weighted by molar-refractivity contribution is 5.18. The van der Waals surface area contributed by atoms with E-state index in [4.69, 9.17) is 30.1 Å². The third kappa shape index (κ3) is 7.81. The molecule has 3 atom stereocenters. The van der Waals surface area contributed by atoms with Crippen LogP contribution in [0.1, 0.15) is 16.7 Å². The molecule has 0 amide bonds. The highest BCUT2D eigenvalue weighted by Crippen LogP contribution is 2.27. The number of rotatable bonds is 13. The molecular weight excluding hydrogens is 452 g/mol. The van der Waals surface area contributed by atoms with Crippen molar-refractivity contribution in [3.63, 3.8) is 0 Å². The molecule has 1 heterocycles. The molecule has 4 rings (SSSR count). The van der Waals surface area contributed by atoms with Crippen LogP contribution in [-0.2, 0) is 43.5 Å². The summed E-state index contributed by atoms with van der Waals surface area (Å²) in [5.41, 5.74) is 4.10. The lowest BCUT2D eigenvalue weighted by molar-refractivity contribution is -0.154. The van der Waals surface area contributed by atoms with E-state index in [9.17, 15) is 0 Å². The van der Waals surface area contributed by atoms with Crippen molar-refractivity contribution >= 4 is 0 Å². The van der Waals surface area contributed by atoms with Gasteiger partial charge in [0.1, 0.15) is 24.9 Å². The SMILES string of the molecule is C#CCOCC1=CO[C@H](COCc2ccccc2)[C@@H](OCc2ccccc2)[C@@H]1OCc1ccccc1. The number of ether oxygens (including phenoxy) is 5. The summed E-state index contributed by atoms with van der Waals surface area (Å²) in [7, 11) is 0. The molecule has 0 saturated heterocycles. The molecule has 0 N–H and O–H groups in total. The standard InChI is InChI=1S/C31H32O5/c1-2-18-32-22-28-23-34-29(24-33-19-25-12-6-3-7-13-25)31(36-21-27-16-10-5-11-17-27)30(28)35-20-26-14-8-4-9-15-26/h1,3-17,23,29-31H,18-22,24H2/t29-,30-,31-/m1/s1. The van der Waals surface area contributed by atoms with Crippen molar-refractivity contribution in [1.82, 2.24) is 0 Å². The minimum absolute atomic E-state index is 0.210. The van der Waals surface area contributed by atoms with Crippen LogP contribution in [0.15, 0.2) is 103 Å². The average molecular weight is 485 g/mol. The molecule has 0 radical (unpaired) electrons. The van der Waals surface area contributed by atoms with Gasteiger partial charge in [-0.15, -0.1) is 6.42 Å². The van der Waals surface area contributed by atoms with Gasteiger partial charge in [-0.3, -0.25) is 0 Å². The van der Waals surface area contributed by atoms with Gasteiger partial charge < -0.3 is 23.7 Å². The van der Waals surface area contributed by atoms with Crippen molar-refractivity contribution in [3.8, 4) is 12.3 Å². The van der Waals surface area contributed by atoms with E-state index in [2.05, 4.69) is 5.92 Å². The van der Waals surface area contributed by atoms with Crippen molar-refractivity contribution in [2.75, 3.05) is 19.8 Å². The van der Waals surface area contributed by atoms with Gasteiger partial charge in [0.25, 0.3) is 0 Å². The molecule has 5 nitrogen and oxygen atoms in total. The van der Waals surface area contributed by atoms with Gasteiger partial charge in [-0.1, -0.05) is 96.9 Å². The van der Waals surface area contributed by atoms with Crippen LogP contribution in [0.2, 0.25) is 0 Å². The van der Waals surface area contributed by atoms with Crippen molar-refractivity contribution in [1.29, 1.82) is 0 Å². The van der Waals surface area contributed by atoms with Crippen LogP contribution in [0.5, 0.6) is 0 Å². The maximum absolute atomic E-state index is 6.46. The monoisotopic (exact) mass is 484 g/mol. The van der Waals surface area contributed by atoms with Crippen LogP contribution >= 0.6 is 0 Å². The fourth-order valence-electron chi connectivity index (χ4n) is 3.99. The normalized spacial score (nSPS) is 19.2. The second kappa shape index (κ2) is 14.2. The molecule has 0 spiro atoms. The lowest BCUT2D eigenvalue weighted by Gasteiger charge is -2.38. The van der Waals surface area contributed by atoms with Gasteiger partial charge in [-0.2, -0.15) is 0 Å². The molecular formula is C31H32O5. The average Bonchev–Trinajstić information content (AvgIpc) is 2.93. The van der Waals surface area contributed by atoms with Crippen LogP contribution in [0.25, 0.3) is 0 Å². The summed E-state index contributed by atoms with van der Waals surface area (Å²) in [5, 5.41) is 0. The Morgan fingerprint density at radius 3 is 1.81 bits per heavy atom. The Morgan fingerprint density at radius 2 is 1.22 bits per heavy atom. The van der Waals surface area contributed by atoms with Crippen LogP contribution in [0.4, 0.5) is 0 Å². The minimum Gasteiger partial charge on any atom is -0.493 e. The van der Waals surface area contributed by atoms with Gasteiger partial charge in [0.05, 0.1) is 39.3 Å². The third-order valence-electron chi connectivity index (χ3n) is 5.83. The second-order valence-corrected chi connectivity index (χ2v) is 8.54. The van der Waals surface area contributed by atoms with Gasteiger partial charge in [-0.25, -0.2) is 0 Å². The van der Waals surface area contributed by atoms with Gasteiger partial charge >= 0.3 is 0 Å². The van der Waals surface area contributed by atoms with Crippen LogP contribution in [0.3, 0.4) is 0 Å². The van der Waals surface area contributed by atoms with Gasteiger partial charge in [0.15, 0.2) is 0 Å². The number of benzene rings is 3. The largest absolute Gasteiger partial charge is 0.493 e. The fourth-order valence-corrected chi connectivity index (χ4v) is 3.99. The molecule has 3 aromatic rings. The number of hydrogen-bond donors (Lipinski definition) is 0. The number of terminal acetylenes is 1. The Morgan fingerprint density at radius 1 is 0.667 bits per heavy atom. The smallest absolute Gasteiger partial charge is 0.150 e. The Kier molecular flexibility index (Phi) is 10.2. The van der Waals surface area contributed by atoms with Crippen molar-refractivity contribution < 1.29 is 23.7 Å². The van der Waals surface area contributed by atoms with Crippen LogP contribution in [0, 0.1) is 12.3 Å². The summed E-state index contributed by atoms with van der Waals surface area (Å²) in [5.74, 6) is 2.51. The first kappa shape index (κ1) is 25.7. The molecule has 1 aliphatic heterocycles. The molecule has 0 aliphatic carbocycles. The zero-order valence-corrected chi connectivity index (χ0v) is 20.3. The second-order valence-electron chi connectivity index (χ2n) is 8.54. The summed E-state index contributed by atoms with van der Waals surface area (Å²) in [6.45, 7) is 2.21.